The minimum Gasteiger partial charge on any atom is -0.469 e. The van der Waals surface area contributed by atoms with Crippen molar-refractivity contribution in [1.29, 1.82) is 0 Å². The molecule has 6 atom stereocenters. The van der Waals surface area contributed by atoms with Crippen molar-refractivity contribution >= 4 is 18.2 Å². The Morgan fingerprint density at radius 2 is 1.12 bits per heavy atom. The molecule has 49 heavy (non-hydrogen) atoms. The third kappa shape index (κ3) is 16.5. The summed E-state index contributed by atoms with van der Waals surface area (Å²) in [5.74, 6) is -2.35. The van der Waals surface area contributed by atoms with E-state index in [1.54, 1.807) is 69.2 Å². The second kappa shape index (κ2) is 18.8. The number of ether oxygens (including phenoxy) is 4. The number of amides is 2. The molecule has 0 saturated carbocycles. The Morgan fingerprint density at radius 1 is 0.673 bits per heavy atom. The first-order valence-electron chi connectivity index (χ1n) is 17.0. The normalized spacial score (nSPS) is 27.2. The maximum Gasteiger partial charge on any atom is 0.410 e. The van der Waals surface area contributed by atoms with Gasteiger partial charge in [-0.15, -0.1) is 0 Å². The lowest BCUT2D eigenvalue weighted by Crippen LogP contribution is -2.39. The van der Waals surface area contributed by atoms with Gasteiger partial charge in [0.2, 0.25) is 0 Å². The van der Waals surface area contributed by atoms with Gasteiger partial charge in [0.25, 0.3) is 0 Å². The fourth-order valence-corrected chi connectivity index (χ4v) is 5.37. The van der Waals surface area contributed by atoms with E-state index >= 15 is 0 Å². The van der Waals surface area contributed by atoms with E-state index in [4.69, 9.17) is 14.2 Å². The molecule has 4 aliphatic heterocycles. The predicted octanol–water partition coefficient (Wildman–Crippen LogP) is 4.44. The summed E-state index contributed by atoms with van der Waals surface area (Å²) in [6, 6.07) is 0. The number of alkyl halides is 3. The van der Waals surface area contributed by atoms with E-state index in [-0.39, 0.29) is 32.1 Å². The van der Waals surface area contributed by atoms with E-state index in [1.807, 2.05) is 0 Å². The number of likely N-dealkylation sites (tertiary alicyclic amines) is 2. The molecule has 0 radical (unpaired) electrons. The summed E-state index contributed by atoms with van der Waals surface area (Å²) in [5, 5.41) is 22.1. The van der Waals surface area contributed by atoms with Crippen molar-refractivity contribution in [3.8, 4) is 0 Å². The highest BCUT2D eigenvalue weighted by molar-refractivity contribution is 5.76. The zero-order valence-corrected chi connectivity index (χ0v) is 31.3. The molecule has 4 heterocycles. The lowest BCUT2D eigenvalue weighted by molar-refractivity contribution is -0.146. The molecule has 4 aliphatic rings. The van der Waals surface area contributed by atoms with Gasteiger partial charge in [0.15, 0.2) is 0 Å². The quantitative estimate of drug-likeness (QED) is 0.284. The van der Waals surface area contributed by atoms with Crippen LogP contribution in [0.3, 0.4) is 0 Å². The van der Waals surface area contributed by atoms with E-state index in [1.165, 1.54) is 29.8 Å². The van der Waals surface area contributed by atoms with Gasteiger partial charge < -0.3 is 44.3 Å². The SMILES string of the molecule is C1CCOC1.CC(C)(C)OC(=O)N1C[C@@H](C(C)(C)O)[C@@H](F)C1.CC(C)(O)[C@@H]1CNC[C@@H]1F.COC(=O)[C@@H]1CN(C(=O)OC(C)(C)C)C[C@@H]1F. The molecule has 15 heteroatoms. The molecule has 0 bridgehead atoms. The molecule has 0 aromatic carbocycles. The van der Waals surface area contributed by atoms with Crippen LogP contribution in [0.25, 0.3) is 0 Å². The Hall–Kier alpha value is -2.36. The second-order valence-corrected chi connectivity index (χ2v) is 15.9. The van der Waals surface area contributed by atoms with Crippen molar-refractivity contribution in [1.82, 2.24) is 15.1 Å². The van der Waals surface area contributed by atoms with Gasteiger partial charge in [-0.05, 0) is 82.1 Å². The van der Waals surface area contributed by atoms with Crippen LogP contribution >= 0.6 is 0 Å². The minimum atomic E-state index is -1.39. The first-order chi connectivity index (χ1) is 22.3. The van der Waals surface area contributed by atoms with Gasteiger partial charge >= 0.3 is 18.2 Å². The number of esters is 1. The highest BCUT2D eigenvalue weighted by Gasteiger charge is 2.45. The van der Waals surface area contributed by atoms with E-state index < -0.39 is 70.9 Å². The Balaban J connectivity index is 0.000000351. The van der Waals surface area contributed by atoms with Crippen molar-refractivity contribution in [2.45, 2.75) is 123 Å². The molecular formula is C34H62F3N3O9. The Labute approximate surface area is 290 Å². The van der Waals surface area contributed by atoms with E-state index in [2.05, 4.69) is 10.1 Å². The maximum absolute atomic E-state index is 13.7. The van der Waals surface area contributed by atoms with Crippen molar-refractivity contribution in [2.75, 3.05) is 59.6 Å². The molecule has 3 N–H and O–H groups in total. The first kappa shape index (κ1) is 44.7. The number of nitrogens with one attached hydrogen (secondary N) is 1. The number of halogens is 3. The summed E-state index contributed by atoms with van der Waals surface area (Å²) in [7, 11) is 1.20. The van der Waals surface area contributed by atoms with Crippen molar-refractivity contribution in [2.24, 2.45) is 17.8 Å². The third-order valence-electron chi connectivity index (χ3n) is 8.09. The molecule has 0 unspecified atom stereocenters. The number of methoxy groups -OCH3 is 1. The molecule has 2 amide bonds. The highest BCUT2D eigenvalue weighted by atomic mass is 19.1. The topological polar surface area (TPSA) is 147 Å². The molecule has 0 aromatic heterocycles. The first-order valence-corrected chi connectivity index (χ1v) is 17.0. The van der Waals surface area contributed by atoms with Gasteiger partial charge in [0, 0.05) is 51.2 Å². The van der Waals surface area contributed by atoms with Crippen molar-refractivity contribution in [3.63, 3.8) is 0 Å². The molecule has 288 valence electrons. The standard InChI is InChI=1S/C12H22FNO3.C11H18FNO4.C7H14FNO.C4H8O/c1-11(2,3)17-10(15)14-6-8(9(13)7-14)12(4,5)16;1-11(2,3)17-10(15)13-5-7(8(12)6-13)9(14)16-4;1-7(2,10)5-3-9-4-6(5)8;1-2-4-5-3-1/h8-9,16H,6-7H2,1-5H3;7-8H,5-6H2,1-4H3;5-6,9-10H,3-4H2,1-2H3;1-4H2/t8-,9+;7-,8+;5-,6+;/m111./s1. The predicted molar refractivity (Wildman–Crippen MR) is 178 cm³/mol. The van der Waals surface area contributed by atoms with Gasteiger partial charge in [-0.2, -0.15) is 0 Å². The van der Waals surface area contributed by atoms with Gasteiger partial charge in [-0.1, -0.05) is 0 Å². The summed E-state index contributed by atoms with van der Waals surface area (Å²) < 4.78 is 59.8. The van der Waals surface area contributed by atoms with Crippen molar-refractivity contribution < 1.29 is 56.7 Å². The van der Waals surface area contributed by atoms with Crippen LogP contribution in [0, 0.1) is 17.8 Å². The second-order valence-electron chi connectivity index (χ2n) is 15.9. The van der Waals surface area contributed by atoms with E-state index in [0.29, 0.717) is 13.1 Å². The molecule has 4 fully saturated rings. The Morgan fingerprint density at radius 3 is 1.43 bits per heavy atom. The number of aliphatic hydroxyl groups is 2. The number of hydrogen-bond donors (Lipinski definition) is 3. The zero-order chi connectivity index (χ0) is 38.0. The highest BCUT2D eigenvalue weighted by Crippen LogP contribution is 2.31. The molecular weight excluding hydrogens is 651 g/mol. The number of carbonyl (C=O) groups excluding carboxylic acids is 3. The summed E-state index contributed by atoms with van der Waals surface area (Å²) in [6.07, 6.45) is -2.06. The van der Waals surface area contributed by atoms with Gasteiger partial charge in [0.1, 0.15) is 35.6 Å². The summed E-state index contributed by atoms with van der Waals surface area (Å²) >= 11 is 0. The van der Waals surface area contributed by atoms with Crippen LogP contribution < -0.4 is 5.32 Å². The van der Waals surface area contributed by atoms with Crippen LogP contribution in [0.1, 0.15) is 82.1 Å². The average molecular weight is 714 g/mol. The molecule has 4 rings (SSSR count). The van der Waals surface area contributed by atoms with Crippen molar-refractivity contribution in [3.05, 3.63) is 0 Å². The van der Waals surface area contributed by atoms with Crippen LogP contribution in [-0.4, -0.2) is 139 Å². The summed E-state index contributed by atoms with van der Waals surface area (Å²) in [5.41, 5.74) is -3.24. The third-order valence-corrected chi connectivity index (χ3v) is 8.09. The van der Waals surface area contributed by atoms with Gasteiger partial charge in [-0.25, -0.2) is 22.8 Å². The van der Waals surface area contributed by atoms with Crippen LogP contribution in [0.15, 0.2) is 0 Å². The molecule has 4 saturated heterocycles. The fraction of sp³-hybridized carbons (Fsp3) is 0.912. The molecule has 0 aliphatic carbocycles. The van der Waals surface area contributed by atoms with Crippen LogP contribution in [0.2, 0.25) is 0 Å². The van der Waals surface area contributed by atoms with Gasteiger partial charge in [-0.3, -0.25) is 4.79 Å². The van der Waals surface area contributed by atoms with Crippen LogP contribution in [-0.2, 0) is 23.7 Å². The lowest BCUT2D eigenvalue weighted by Gasteiger charge is -2.27. The number of nitrogens with zero attached hydrogens (tertiary/aromatic N) is 2. The molecule has 12 nitrogen and oxygen atoms in total. The summed E-state index contributed by atoms with van der Waals surface area (Å²) in [4.78, 5) is 37.1. The number of rotatable bonds is 3. The lowest BCUT2D eigenvalue weighted by atomic mass is 9.89. The maximum atomic E-state index is 13.7. The number of hydrogen-bond acceptors (Lipinski definition) is 10. The smallest absolute Gasteiger partial charge is 0.410 e. The van der Waals surface area contributed by atoms with E-state index in [0.717, 1.165) is 13.2 Å². The summed E-state index contributed by atoms with van der Waals surface area (Å²) in [6.45, 7) is 19.9. The molecule has 0 spiro atoms. The largest absolute Gasteiger partial charge is 0.469 e. The van der Waals surface area contributed by atoms with E-state index in [9.17, 15) is 37.8 Å². The monoisotopic (exact) mass is 713 g/mol. The van der Waals surface area contributed by atoms with Crippen LogP contribution in [0.4, 0.5) is 22.8 Å². The van der Waals surface area contributed by atoms with Gasteiger partial charge in [0.05, 0.1) is 31.4 Å². The zero-order valence-electron chi connectivity index (χ0n) is 31.3. The van der Waals surface area contributed by atoms with Crippen LogP contribution in [0.5, 0.6) is 0 Å². The minimum absolute atomic E-state index is 0.00273. The Bertz CT molecular complexity index is 1030. The number of carbonyl (C=O) groups is 3. The average Bonchev–Trinajstić information content (AvgIpc) is 3.74. The fourth-order valence-electron chi connectivity index (χ4n) is 5.37. The molecule has 0 aromatic rings. The Kier molecular flexibility index (Phi) is 17.1.